The molecule has 6 heteroatoms. The predicted octanol–water partition coefficient (Wildman–Crippen LogP) is 8.64. The topological polar surface area (TPSA) is 86.7 Å². The van der Waals surface area contributed by atoms with E-state index in [1.54, 1.807) is 0 Å². The van der Waals surface area contributed by atoms with Gasteiger partial charge in [0.25, 0.3) is 0 Å². The van der Waals surface area contributed by atoms with E-state index >= 15 is 0 Å². The lowest BCUT2D eigenvalue weighted by molar-refractivity contribution is -0.152. The molecule has 1 atom stereocenters. The molecule has 0 aliphatic carbocycles. The van der Waals surface area contributed by atoms with Crippen molar-refractivity contribution in [2.75, 3.05) is 0 Å². The van der Waals surface area contributed by atoms with Crippen LogP contribution in [0.25, 0.3) is 0 Å². The summed E-state index contributed by atoms with van der Waals surface area (Å²) in [4.78, 5) is 42.0. The van der Waals surface area contributed by atoms with E-state index in [2.05, 4.69) is 57.3 Å². The fraction of sp³-hybridized carbons (Fsp3) is 0.548. The molecule has 2 rings (SSSR count). The number of carbonyl (C=O) groups is 4. The van der Waals surface area contributed by atoms with Crippen molar-refractivity contribution in [2.24, 2.45) is 5.92 Å². The minimum absolute atomic E-state index is 0. The van der Waals surface area contributed by atoms with Gasteiger partial charge in [0.2, 0.25) is 0 Å². The minimum Gasteiger partial charge on any atom is -0.387 e. The fourth-order valence-electron chi connectivity index (χ4n) is 1.92. The van der Waals surface area contributed by atoms with E-state index in [0.29, 0.717) is 5.57 Å². The molecule has 37 heavy (non-hydrogen) atoms. The molecular formula is C31H54O6. The van der Waals surface area contributed by atoms with Gasteiger partial charge in [-0.2, -0.15) is 0 Å². The molecule has 2 aliphatic rings. The van der Waals surface area contributed by atoms with E-state index in [1.807, 2.05) is 32.1 Å². The van der Waals surface area contributed by atoms with Crippen LogP contribution in [-0.2, 0) is 28.7 Å². The minimum atomic E-state index is -0.579. The molecule has 2 aliphatic heterocycles. The van der Waals surface area contributed by atoms with Crippen molar-refractivity contribution >= 4 is 23.9 Å². The largest absolute Gasteiger partial charge is 0.387 e. The molecule has 0 aromatic rings. The van der Waals surface area contributed by atoms with Gasteiger partial charge in [0.1, 0.15) is 0 Å². The van der Waals surface area contributed by atoms with Crippen molar-refractivity contribution in [2.45, 2.75) is 108 Å². The summed E-state index contributed by atoms with van der Waals surface area (Å²) in [5, 5.41) is 0. The zero-order valence-electron chi connectivity index (χ0n) is 22.9. The maximum Gasteiger partial charge on any atom is 0.342 e. The van der Waals surface area contributed by atoms with E-state index in [0.717, 1.165) is 31.4 Å². The van der Waals surface area contributed by atoms with E-state index < -0.39 is 23.9 Å². The standard InChI is InChI=1S/C13H16O3.C4H2O3.2C4H10.C4H8.2CH4/c1-4-5-6-9(2)7-10(3)11-8-12(14)16-13(11)15;5-3-1-2-4(6)7-3;3*1-3-4-2;;/h4,7-8,10H,1,5-6H2,2-3H3;1-2H;2*3-4H2,1-2H3;3H,1,4H2,2H3;2*1H4. The van der Waals surface area contributed by atoms with Crippen LogP contribution in [0.15, 0.2) is 60.8 Å². The molecule has 0 saturated heterocycles. The highest BCUT2D eigenvalue weighted by atomic mass is 16.6. The Balaban J connectivity index is -0.000000135. The first-order chi connectivity index (χ1) is 16.6. The zero-order valence-corrected chi connectivity index (χ0v) is 22.9. The molecule has 0 N–H and O–H groups in total. The number of ether oxygens (including phenoxy) is 2. The van der Waals surface area contributed by atoms with Crippen LogP contribution >= 0.6 is 0 Å². The van der Waals surface area contributed by atoms with Crippen LogP contribution in [0.4, 0.5) is 0 Å². The van der Waals surface area contributed by atoms with Gasteiger partial charge in [0.05, 0.1) is 5.57 Å². The second-order valence-corrected chi connectivity index (χ2v) is 7.71. The van der Waals surface area contributed by atoms with E-state index in [1.165, 1.54) is 37.3 Å². The van der Waals surface area contributed by atoms with E-state index in [4.69, 9.17) is 0 Å². The maximum atomic E-state index is 11.3. The highest BCUT2D eigenvalue weighted by Gasteiger charge is 2.26. The fourth-order valence-corrected chi connectivity index (χ4v) is 1.92. The van der Waals surface area contributed by atoms with Gasteiger partial charge in [-0.3, -0.25) is 0 Å². The maximum absolute atomic E-state index is 11.3. The lowest BCUT2D eigenvalue weighted by Gasteiger charge is -2.06. The molecule has 214 valence electrons. The van der Waals surface area contributed by atoms with Crippen molar-refractivity contribution in [1.82, 2.24) is 0 Å². The second kappa shape index (κ2) is 31.0. The molecule has 0 bridgehead atoms. The van der Waals surface area contributed by atoms with Crippen LogP contribution in [0.5, 0.6) is 0 Å². The van der Waals surface area contributed by atoms with Crippen LogP contribution in [-0.4, -0.2) is 23.9 Å². The molecule has 0 spiro atoms. The number of carbonyl (C=O) groups excluding carboxylic acids is 4. The van der Waals surface area contributed by atoms with Crippen LogP contribution in [0, 0.1) is 5.92 Å². The van der Waals surface area contributed by atoms with Gasteiger partial charge < -0.3 is 9.47 Å². The van der Waals surface area contributed by atoms with Crippen molar-refractivity contribution < 1.29 is 28.7 Å². The first-order valence-electron chi connectivity index (χ1n) is 12.4. The van der Waals surface area contributed by atoms with Gasteiger partial charge in [0, 0.05) is 24.1 Å². The summed E-state index contributed by atoms with van der Waals surface area (Å²) in [5.74, 6) is -2.33. The van der Waals surface area contributed by atoms with Crippen LogP contribution < -0.4 is 0 Å². The van der Waals surface area contributed by atoms with Crippen molar-refractivity contribution in [3.63, 3.8) is 0 Å². The normalized spacial score (nSPS) is 13.5. The number of allylic oxidation sites excluding steroid dienone is 4. The molecule has 6 nitrogen and oxygen atoms in total. The van der Waals surface area contributed by atoms with Crippen molar-refractivity contribution in [1.29, 1.82) is 0 Å². The summed E-state index contributed by atoms with van der Waals surface area (Å²) in [7, 11) is 0. The highest BCUT2D eigenvalue weighted by molar-refractivity contribution is 6.09. The first-order valence-corrected chi connectivity index (χ1v) is 12.4. The second-order valence-electron chi connectivity index (χ2n) is 7.71. The van der Waals surface area contributed by atoms with Crippen LogP contribution in [0.3, 0.4) is 0 Å². The Morgan fingerprint density at radius 2 is 1.24 bits per heavy atom. The SMILES string of the molecule is C.C.C=CCC.C=CCCC(C)=CC(C)C1=CC(=O)OC1=O.CCCC.CCCC.O=C1C=CC(=O)O1. The summed E-state index contributed by atoms with van der Waals surface area (Å²) in [6.45, 7) is 21.8. The summed E-state index contributed by atoms with van der Waals surface area (Å²) in [6, 6.07) is 0. The van der Waals surface area contributed by atoms with Gasteiger partial charge in [-0.1, -0.05) is 106 Å². The molecule has 2 heterocycles. The summed E-state index contributed by atoms with van der Waals surface area (Å²) in [6.07, 6.45) is 17.3. The Morgan fingerprint density at radius 3 is 1.49 bits per heavy atom. The number of hydrogen-bond acceptors (Lipinski definition) is 6. The Hall–Kier alpha value is -3.02. The third kappa shape index (κ3) is 29.1. The summed E-state index contributed by atoms with van der Waals surface area (Å²) < 4.78 is 8.41. The number of esters is 4. The molecule has 0 fully saturated rings. The lowest BCUT2D eigenvalue weighted by Crippen LogP contribution is -2.07. The molecule has 0 radical (unpaired) electrons. The van der Waals surface area contributed by atoms with Gasteiger partial charge in [-0.15, -0.1) is 13.2 Å². The summed E-state index contributed by atoms with van der Waals surface area (Å²) >= 11 is 0. The lowest BCUT2D eigenvalue weighted by atomic mass is 9.97. The molecule has 0 aromatic carbocycles. The molecule has 0 saturated carbocycles. The smallest absolute Gasteiger partial charge is 0.342 e. The third-order valence-electron chi connectivity index (χ3n) is 4.32. The average Bonchev–Trinajstić information content (AvgIpc) is 3.40. The van der Waals surface area contributed by atoms with Crippen molar-refractivity contribution in [3.8, 4) is 0 Å². The van der Waals surface area contributed by atoms with Gasteiger partial charge in [-0.05, 0) is 26.2 Å². The summed E-state index contributed by atoms with van der Waals surface area (Å²) in [5.41, 5.74) is 1.61. The Morgan fingerprint density at radius 1 is 0.811 bits per heavy atom. The molecule has 1 unspecified atom stereocenters. The molecular weight excluding hydrogens is 468 g/mol. The van der Waals surface area contributed by atoms with Gasteiger partial charge in [0.15, 0.2) is 0 Å². The number of unbranched alkanes of at least 4 members (excludes halogenated alkanes) is 2. The van der Waals surface area contributed by atoms with E-state index in [9.17, 15) is 19.2 Å². The monoisotopic (exact) mass is 522 g/mol. The molecule has 0 aromatic heterocycles. The zero-order chi connectivity index (χ0) is 27.6. The van der Waals surface area contributed by atoms with Gasteiger partial charge in [-0.25, -0.2) is 19.2 Å². The van der Waals surface area contributed by atoms with Crippen LogP contribution in [0.2, 0.25) is 0 Å². The van der Waals surface area contributed by atoms with E-state index in [-0.39, 0.29) is 20.8 Å². The number of hydrogen-bond donors (Lipinski definition) is 0. The first kappa shape index (κ1) is 44.0. The number of rotatable bonds is 8. The highest BCUT2D eigenvalue weighted by Crippen LogP contribution is 2.21. The third-order valence-corrected chi connectivity index (χ3v) is 4.32. The van der Waals surface area contributed by atoms with Crippen LogP contribution in [0.1, 0.15) is 108 Å². The Bertz CT molecular complexity index is 717. The Kier molecular flexibility index (Phi) is 36.9. The Labute approximate surface area is 227 Å². The quantitative estimate of drug-likeness (QED) is 0.180. The van der Waals surface area contributed by atoms with Crippen molar-refractivity contribution in [3.05, 3.63) is 60.8 Å². The van der Waals surface area contributed by atoms with Gasteiger partial charge >= 0.3 is 23.9 Å². The predicted molar refractivity (Wildman–Crippen MR) is 157 cm³/mol. The average molecular weight is 523 g/mol. The number of cyclic esters (lactones) is 4. The molecule has 0 amide bonds.